The standard InChI is InChI=1S/C13H17ClN2O4S/c1-20-13(17)11-5-4-10(7-12(11)14)21(18,19)16-8-9-3-2-6-15-9/h4-5,7,9,15-16H,2-3,6,8H2,1H3/t9-/m1/s1. The first-order valence-electron chi connectivity index (χ1n) is 6.55. The molecule has 8 heteroatoms. The second-order valence-electron chi connectivity index (χ2n) is 4.78. The molecule has 0 aliphatic carbocycles. The molecular weight excluding hydrogens is 316 g/mol. The Morgan fingerprint density at radius 3 is 2.86 bits per heavy atom. The van der Waals surface area contributed by atoms with Crippen LogP contribution in [0.5, 0.6) is 0 Å². The summed E-state index contributed by atoms with van der Waals surface area (Å²) in [6, 6.07) is 4.08. The van der Waals surface area contributed by atoms with Crippen molar-refractivity contribution in [2.24, 2.45) is 0 Å². The van der Waals surface area contributed by atoms with Gasteiger partial charge in [-0.1, -0.05) is 11.6 Å². The highest BCUT2D eigenvalue weighted by Gasteiger charge is 2.21. The molecule has 0 spiro atoms. The normalized spacial score (nSPS) is 18.7. The van der Waals surface area contributed by atoms with Crippen LogP contribution < -0.4 is 10.0 Å². The average molecular weight is 333 g/mol. The van der Waals surface area contributed by atoms with Gasteiger partial charge >= 0.3 is 5.97 Å². The lowest BCUT2D eigenvalue weighted by Gasteiger charge is -2.12. The third-order valence-corrected chi connectivity index (χ3v) is 5.07. The monoisotopic (exact) mass is 332 g/mol. The second-order valence-corrected chi connectivity index (χ2v) is 6.95. The van der Waals surface area contributed by atoms with E-state index in [1.165, 1.54) is 25.3 Å². The first-order chi connectivity index (χ1) is 9.94. The van der Waals surface area contributed by atoms with Gasteiger partial charge in [0, 0.05) is 12.6 Å². The van der Waals surface area contributed by atoms with E-state index < -0.39 is 16.0 Å². The fourth-order valence-electron chi connectivity index (χ4n) is 2.16. The highest BCUT2D eigenvalue weighted by Crippen LogP contribution is 2.21. The van der Waals surface area contributed by atoms with Crippen LogP contribution in [0.4, 0.5) is 0 Å². The molecule has 1 aliphatic rings. The Kier molecular flexibility index (Phi) is 5.21. The molecule has 0 aromatic heterocycles. The predicted octanol–water partition coefficient (Wildman–Crippen LogP) is 1.16. The maximum Gasteiger partial charge on any atom is 0.339 e. The largest absolute Gasteiger partial charge is 0.465 e. The van der Waals surface area contributed by atoms with Crippen molar-refractivity contribution >= 4 is 27.6 Å². The summed E-state index contributed by atoms with van der Waals surface area (Å²) in [6.45, 7) is 1.24. The van der Waals surface area contributed by atoms with E-state index in [0.29, 0.717) is 6.54 Å². The first-order valence-corrected chi connectivity index (χ1v) is 8.41. The summed E-state index contributed by atoms with van der Waals surface area (Å²) in [5, 5.41) is 3.25. The Morgan fingerprint density at radius 2 is 2.29 bits per heavy atom. The molecule has 2 rings (SSSR count). The van der Waals surface area contributed by atoms with Gasteiger partial charge in [0.25, 0.3) is 0 Å². The van der Waals surface area contributed by atoms with E-state index in [9.17, 15) is 13.2 Å². The third-order valence-electron chi connectivity index (χ3n) is 3.34. The Labute approximate surface area is 128 Å². The number of rotatable bonds is 5. The van der Waals surface area contributed by atoms with Crippen LogP contribution in [0, 0.1) is 0 Å². The maximum atomic E-state index is 12.2. The summed E-state index contributed by atoms with van der Waals surface area (Å²) in [7, 11) is -2.41. The predicted molar refractivity (Wildman–Crippen MR) is 79.0 cm³/mol. The first kappa shape index (κ1) is 16.2. The molecule has 1 heterocycles. The lowest BCUT2D eigenvalue weighted by molar-refractivity contribution is 0.0601. The van der Waals surface area contributed by atoms with Crippen molar-refractivity contribution in [3.63, 3.8) is 0 Å². The number of carbonyl (C=O) groups excluding carboxylic acids is 1. The van der Waals surface area contributed by atoms with Gasteiger partial charge in [0.1, 0.15) is 0 Å². The van der Waals surface area contributed by atoms with Crippen LogP contribution in [0.1, 0.15) is 23.2 Å². The summed E-state index contributed by atoms with van der Waals surface area (Å²) in [4.78, 5) is 11.4. The zero-order valence-corrected chi connectivity index (χ0v) is 13.1. The minimum Gasteiger partial charge on any atom is -0.465 e. The number of sulfonamides is 1. The molecule has 0 saturated carbocycles. The van der Waals surface area contributed by atoms with E-state index in [-0.39, 0.29) is 21.5 Å². The minimum absolute atomic E-state index is 0.0261. The van der Waals surface area contributed by atoms with Crippen LogP contribution in [-0.4, -0.2) is 40.6 Å². The Morgan fingerprint density at radius 1 is 1.52 bits per heavy atom. The van der Waals surface area contributed by atoms with Crippen LogP contribution in [-0.2, 0) is 14.8 Å². The van der Waals surface area contributed by atoms with Gasteiger partial charge in [0.05, 0.1) is 22.6 Å². The third kappa shape index (κ3) is 3.94. The molecule has 1 fully saturated rings. The maximum absolute atomic E-state index is 12.2. The van der Waals surface area contributed by atoms with Crippen LogP contribution in [0.2, 0.25) is 5.02 Å². The number of nitrogens with one attached hydrogen (secondary N) is 2. The molecule has 0 radical (unpaired) electrons. The van der Waals surface area contributed by atoms with Gasteiger partial charge in [-0.25, -0.2) is 17.9 Å². The van der Waals surface area contributed by atoms with E-state index in [2.05, 4.69) is 14.8 Å². The number of esters is 1. The number of hydrogen-bond acceptors (Lipinski definition) is 5. The van der Waals surface area contributed by atoms with E-state index >= 15 is 0 Å². The van der Waals surface area contributed by atoms with Crippen molar-refractivity contribution in [1.82, 2.24) is 10.0 Å². The number of ether oxygens (including phenoxy) is 1. The smallest absolute Gasteiger partial charge is 0.339 e. The van der Waals surface area contributed by atoms with Crippen molar-refractivity contribution in [3.8, 4) is 0 Å². The average Bonchev–Trinajstić information content (AvgIpc) is 2.97. The van der Waals surface area contributed by atoms with E-state index in [4.69, 9.17) is 11.6 Å². The van der Waals surface area contributed by atoms with Crippen molar-refractivity contribution in [3.05, 3.63) is 28.8 Å². The Hall–Kier alpha value is -1.15. The molecule has 116 valence electrons. The SMILES string of the molecule is COC(=O)c1ccc(S(=O)(=O)NC[C@H]2CCCN2)cc1Cl. The molecule has 1 aliphatic heterocycles. The van der Waals surface area contributed by atoms with Crippen LogP contribution in [0.15, 0.2) is 23.1 Å². The summed E-state index contributed by atoms with van der Waals surface area (Å²) in [5.74, 6) is -0.605. The summed E-state index contributed by atoms with van der Waals surface area (Å²) in [6.07, 6.45) is 2.00. The number of carbonyl (C=O) groups is 1. The van der Waals surface area contributed by atoms with E-state index in [0.717, 1.165) is 19.4 Å². The highest BCUT2D eigenvalue weighted by molar-refractivity contribution is 7.89. The molecular formula is C13H17ClN2O4S. The topological polar surface area (TPSA) is 84.5 Å². The Bertz CT molecular complexity index is 627. The fraction of sp³-hybridized carbons (Fsp3) is 0.462. The summed E-state index contributed by atoms with van der Waals surface area (Å²) < 4.78 is 31.5. The molecule has 21 heavy (non-hydrogen) atoms. The molecule has 0 unspecified atom stereocenters. The van der Waals surface area contributed by atoms with Gasteiger partial charge in [-0.3, -0.25) is 0 Å². The molecule has 1 saturated heterocycles. The zero-order chi connectivity index (χ0) is 15.5. The molecule has 1 atom stereocenters. The Balaban J connectivity index is 2.12. The lowest BCUT2D eigenvalue weighted by atomic mass is 10.2. The molecule has 2 N–H and O–H groups in total. The molecule has 6 nitrogen and oxygen atoms in total. The summed E-state index contributed by atoms with van der Waals surface area (Å²) >= 11 is 5.93. The van der Waals surface area contributed by atoms with Gasteiger partial charge in [-0.15, -0.1) is 0 Å². The second kappa shape index (κ2) is 6.74. The highest BCUT2D eigenvalue weighted by atomic mass is 35.5. The van der Waals surface area contributed by atoms with Crippen molar-refractivity contribution in [2.45, 2.75) is 23.8 Å². The van der Waals surface area contributed by atoms with Crippen LogP contribution in [0.25, 0.3) is 0 Å². The summed E-state index contributed by atoms with van der Waals surface area (Å²) in [5.41, 5.74) is 0.135. The van der Waals surface area contributed by atoms with Crippen molar-refractivity contribution < 1.29 is 17.9 Å². The van der Waals surface area contributed by atoms with E-state index in [1.807, 2.05) is 0 Å². The van der Waals surface area contributed by atoms with Crippen LogP contribution >= 0.6 is 11.6 Å². The van der Waals surface area contributed by atoms with Gasteiger partial charge in [0.15, 0.2) is 0 Å². The minimum atomic E-state index is -3.65. The number of hydrogen-bond donors (Lipinski definition) is 2. The molecule has 1 aromatic rings. The van der Waals surface area contributed by atoms with Gasteiger partial charge in [-0.2, -0.15) is 0 Å². The molecule has 0 amide bonds. The van der Waals surface area contributed by atoms with Crippen molar-refractivity contribution in [2.75, 3.05) is 20.2 Å². The van der Waals surface area contributed by atoms with E-state index in [1.54, 1.807) is 0 Å². The van der Waals surface area contributed by atoms with Gasteiger partial charge < -0.3 is 10.1 Å². The number of halogens is 1. The quantitative estimate of drug-likeness (QED) is 0.790. The number of benzene rings is 1. The van der Waals surface area contributed by atoms with Crippen LogP contribution in [0.3, 0.4) is 0 Å². The zero-order valence-electron chi connectivity index (χ0n) is 11.6. The molecule has 0 bridgehead atoms. The molecule has 1 aromatic carbocycles. The van der Waals surface area contributed by atoms with Gasteiger partial charge in [0.2, 0.25) is 10.0 Å². The van der Waals surface area contributed by atoms with Gasteiger partial charge in [-0.05, 0) is 37.6 Å². The number of methoxy groups -OCH3 is 1. The van der Waals surface area contributed by atoms with Crippen molar-refractivity contribution in [1.29, 1.82) is 0 Å². The fourth-order valence-corrected chi connectivity index (χ4v) is 3.59. The lowest BCUT2D eigenvalue weighted by Crippen LogP contribution is -2.37.